The number of tetrazole rings is 1. The molecular formula is C43H39N7O7. The van der Waals surface area contributed by atoms with Crippen molar-refractivity contribution in [1.82, 2.24) is 30.1 Å². The van der Waals surface area contributed by atoms with Gasteiger partial charge in [-0.25, -0.2) is 0 Å². The van der Waals surface area contributed by atoms with Crippen LogP contribution in [0.3, 0.4) is 0 Å². The van der Waals surface area contributed by atoms with Crippen molar-refractivity contribution in [3.8, 4) is 40.1 Å². The van der Waals surface area contributed by atoms with Gasteiger partial charge in [0.25, 0.3) is 5.91 Å². The van der Waals surface area contributed by atoms with Crippen LogP contribution in [-0.4, -0.2) is 70.4 Å². The summed E-state index contributed by atoms with van der Waals surface area (Å²) in [6.07, 6.45) is 5.21. The number of anilines is 1. The number of methoxy groups -OCH3 is 3. The molecule has 288 valence electrons. The topological polar surface area (TPSA) is 156 Å². The summed E-state index contributed by atoms with van der Waals surface area (Å²) in [5.41, 5.74) is 5.92. The van der Waals surface area contributed by atoms with Gasteiger partial charge in [0.2, 0.25) is 5.82 Å². The predicted octanol–water partition coefficient (Wildman–Crippen LogP) is 6.29. The molecule has 0 radical (unpaired) electrons. The summed E-state index contributed by atoms with van der Waals surface area (Å²) in [7, 11) is 4.82. The van der Waals surface area contributed by atoms with Crippen molar-refractivity contribution < 1.29 is 28.2 Å². The van der Waals surface area contributed by atoms with Gasteiger partial charge in [0.05, 0.1) is 43.7 Å². The van der Waals surface area contributed by atoms with E-state index in [0.717, 1.165) is 49.5 Å². The minimum absolute atomic E-state index is 0.164. The number of hydrogen-bond acceptors (Lipinski definition) is 12. The third-order valence-corrected chi connectivity index (χ3v) is 9.86. The number of amides is 1. The van der Waals surface area contributed by atoms with Crippen molar-refractivity contribution in [2.24, 2.45) is 0 Å². The van der Waals surface area contributed by atoms with E-state index in [4.69, 9.17) is 28.5 Å². The first-order valence-corrected chi connectivity index (χ1v) is 18.3. The van der Waals surface area contributed by atoms with Gasteiger partial charge in [0.15, 0.2) is 34.2 Å². The molecule has 14 nitrogen and oxygen atoms in total. The zero-order valence-corrected chi connectivity index (χ0v) is 31.6. The van der Waals surface area contributed by atoms with Gasteiger partial charge < -0.3 is 28.7 Å². The minimum atomic E-state index is -0.651. The maximum absolute atomic E-state index is 13.6. The molecule has 0 unspecified atom stereocenters. The summed E-state index contributed by atoms with van der Waals surface area (Å²) in [6.45, 7) is 2.92. The van der Waals surface area contributed by atoms with Gasteiger partial charge in [-0.1, -0.05) is 30.3 Å². The second-order valence-corrected chi connectivity index (χ2v) is 13.4. The number of nitrogens with zero attached hydrogens (tertiary/aromatic N) is 6. The maximum Gasteiger partial charge on any atom is 0.291 e. The van der Waals surface area contributed by atoms with Crippen LogP contribution in [0, 0.1) is 0 Å². The fourth-order valence-electron chi connectivity index (χ4n) is 6.81. The second kappa shape index (κ2) is 16.4. The summed E-state index contributed by atoms with van der Waals surface area (Å²) < 4.78 is 28.7. The largest absolute Gasteiger partial charge is 0.493 e. The molecule has 0 saturated carbocycles. The first-order valence-electron chi connectivity index (χ1n) is 18.3. The van der Waals surface area contributed by atoms with Crippen LogP contribution in [0.1, 0.15) is 32.8 Å². The highest BCUT2D eigenvalue weighted by Gasteiger charge is 2.22. The Morgan fingerprint density at radius 2 is 1.61 bits per heavy atom. The summed E-state index contributed by atoms with van der Waals surface area (Å²) in [4.78, 5) is 34.4. The molecule has 0 spiro atoms. The van der Waals surface area contributed by atoms with E-state index in [9.17, 15) is 9.59 Å². The van der Waals surface area contributed by atoms with E-state index < -0.39 is 5.91 Å². The smallest absolute Gasteiger partial charge is 0.291 e. The van der Waals surface area contributed by atoms with E-state index in [0.29, 0.717) is 33.7 Å². The predicted molar refractivity (Wildman–Crippen MR) is 212 cm³/mol. The van der Waals surface area contributed by atoms with Gasteiger partial charge in [-0.15, -0.1) is 15.0 Å². The molecule has 0 fully saturated rings. The van der Waals surface area contributed by atoms with Crippen molar-refractivity contribution in [3.63, 3.8) is 0 Å². The summed E-state index contributed by atoms with van der Waals surface area (Å²) >= 11 is 0. The zero-order chi connectivity index (χ0) is 39.3. The molecule has 4 aromatic carbocycles. The van der Waals surface area contributed by atoms with Crippen LogP contribution in [0.5, 0.6) is 23.0 Å². The average molecular weight is 766 g/mol. The van der Waals surface area contributed by atoms with Crippen LogP contribution >= 0.6 is 0 Å². The molecule has 0 aliphatic carbocycles. The Hall–Kier alpha value is -7.06. The summed E-state index contributed by atoms with van der Waals surface area (Å²) in [5, 5.41) is 16.6. The monoisotopic (exact) mass is 765 g/mol. The lowest BCUT2D eigenvalue weighted by atomic mass is 9.98. The van der Waals surface area contributed by atoms with Gasteiger partial charge in [0.1, 0.15) is 12.2 Å². The highest BCUT2D eigenvalue weighted by molar-refractivity contribution is 6.05. The number of aromatic nitrogens is 5. The number of hydrogen-bond donors (Lipinski definition) is 1. The molecule has 57 heavy (non-hydrogen) atoms. The number of carbonyl (C=O) groups excluding carboxylic acids is 1. The Kier molecular flexibility index (Phi) is 10.6. The molecule has 3 aromatic heterocycles. The lowest BCUT2D eigenvalue weighted by Gasteiger charge is -2.29. The van der Waals surface area contributed by atoms with Crippen LogP contribution in [-0.2, 0) is 26.0 Å². The fraction of sp³-hybridized carbons (Fsp3) is 0.209. The normalized spacial score (nSPS) is 12.5. The Labute approximate surface area is 327 Å². The summed E-state index contributed by atoms with van der Waals surface area (Å²) in [6, 6.07) is 27.1. The van der Waals surface area contributed by atoms with E-state index in [1.54, 1.807) is 63.0 Å². The maximum atomic E-state index is 13.6. The standard InChI is InChI=1S/C43H39N7O7/c1-53-37-19-29-15-18-49(25-30(29)20-38(37)54-2)17-14-27-10-12-31(13-11-27)50-47-42(46-48-50)33-21-40(56-26-28-7-6-16-44-24-28)39(55-3)22-34(33)45-43(52)41-23-35(51)32-8-4-5-9-36(32)57-41/h4-13,16,19-24H,14-15,17-18,25-26H2,1-3H3,(H,45,52). The van der Waals surface area contributed by atoms with E-state index in [-0.39, 0.29) is 29.3 Å². The molecule has 14 heteroatoms. The molecule has 1 amide bonds. The first kappa shape index (κ1) is 36.9. The van der Waals surface area contributed by atoms with Crippen LogP contribution in [0.15, 0.2) is 113 Å². The molecule has 1 aliphatic heterocycles. The number of fused-ring (bicyclic) bond motifs is 2. The number of pyridine rings is 1. The number of para-hydroxylation sites is 1. The Morgan fingerprint density at radius 3 is 2.39 bits per heavy atom. The molecule has 4 heterocycles. The third-order valence-electron chi connectivity index (χ3n) is 9.86. The number of carbonyl (C=O) groups is 1. The highest BCUT2D eigenvalue weighted by atomic mass is 16.5. The van der Waals surface area contributed by atoms with Crippen molar-refractivity contribution in [2.45, 2.75) is 26.0 Å². The highest BCUT2D eigenvalue weighted by Crippen LogP contribution is 2.39. The van der Waals surface area contributed by atoms with Gasteiger partial charge in [0, 0.05) is 49.7 Å². The van der Waals surface area contributed by atoms with Gasteiger partial charge >= 0.3 is 0 Å². The van der Waals surface area contributed by atoms with E-state index in [1.807, 2.05) is 24.3 Å². The van der Waals surface area contributed by atoms with Gasteiger partial charge in [-0.3, -0.25) is 19.5 Å². The molecule has 0 bridgehead atoms. The average Bonchev–Trinajstić information content (AvgIpc) is 3.75. The molecular weight excluding hydrogens is 727 g/mol. The van der Waals surface area contributed by atoms with Crippen molar-refractivity contribution >= 4 is 22.6 Å². The molecule has 1 N–H and O–H groups in total. The van der Waals surface area contributed by atoms with Gasteiger partial charge in [-0.05, 0) is 83.3 Å². The molecule has 7 aromatic rings. The number of nitrogens with one attached hydrogen (secondary N) is 1. The third kappa shape index (κ3) is 8.02. The SMILES string of the molecule is COc1cc2c(cc1OC)CN(CCc1ccc(-n3nnc(-c4cc(OCc5cccnc5)c(OC)cc4NC(=O)c4cc(=O)c5ccccc5o4)n3)cc1)CC2. The molecule has 0 saturated heterocycles. The van der Waals surface area contributed by atoms with E-state index in [1.165, 1.54) is 34.7 Å². The quantitative estimate of drug-likeness (QED) is 0.140. The van der Waals surface area contributed by atoms with E-state index in [2.05, 4.69) is 49.8 Å². The Balaban J connectivity index is 1.02. The second-order valence-electron chi connectivity index (χ2n) is 13.4. The van der Waals surface area contributed by atoms with Crippen LogP contribution in [0.25, 0.3) is 28.0 Å². The van der Waals surface area contributed by atoms with Crippen molar-refractivity contribution in [2.75, 3.05) is 39.7 Å². The summed E-state index contributed by atoms with van der Waals surface area (Å²) in [5.74, 6) is 1.63. The van der Waals surface area contributed by atoms with Crippen LogP contribution in [0.2, 0.25) is 0 Å². The Bertz CT molecular complexity index is 2610. The molecule has 1 aliphatic rings. The molecule has 0 atom stereocenters. The van der Waals surface area contributed by atoms with Crippen LogP contribution in [0.4, 0.5) is 5.69 Å². The molecule has 8 rings (SSSR count). The van der Waals surface area contributed by atoms with Crippen LogP contribution < -0.4 is 29.7 Å². The van der Waals surface area contributed by atoms with E-state index >= 15 is 0 Å². The van der Waals surface area contributed by atoms with Crippen molar-refractivity contribution in [1.29, 1.82) is 0 Å². The Morgan fingerprint density at radius 1 is 0.842 bits per heavy atom. The number of ether oxygens (including phenoxy) is 4. The number of rotatable bonds is 13. The fourth-order valence-corrected chi connectivity index (χ4v) is 6.81. The number of benzene rings is 4. The van der Waals surface area contributed by atoms with Crippen molar-refractivity contribution in [3.05, 3.63) is 142 Å². The first-order chi connectivity index (χ1) is 27.9. The van der Waals surface area contributed by atoms with Gasteiger partial charge in [-0.2, -0.15) is 0 Å². The zero-order valence-electron chi connectivity index (χ0n) is 31.6. The minimum Gasteiger partial charge on any atom is -0.493 e. The lowest BCUT2D eigenvalue weighted by molar-refractivity contribution is 0.0997. The lowest BCUT2D eigenvalue weighted by Crippen LogP contribution is -2.32.